The maximum Gasteiger partial charge on any atom is 0.417 e. The molecule has 1 aliphatic heterocycles. The van der Waals surface area contributed by atoms with E-state index < -0.39 is 29.4 Å². The van der Waals surface area contributed by atoms with Crippen LogP contribution < -0.4 is 5.32 Å². The molecule has 174 valence electrons. The minimum Gasteiger partial charge on any atom is -0.444 e. The molecule has 0 spiro atoms. The van der Waals surface area contributed by atoms with Gasteiger partial charge in [-0.1, -0.05) is 24.0 Å². The van der Waals surface area contributed by atoms with Crippen molar-refractivity contribution in [3.63, 3.8) is 0 Å². The van der Waals surface area contributed by atoms with Crippen LogP contribution in [0.5, 0.6) is 0 Å². The van der Waals surface area contributed by atoms with E-state index in [9.17, 15) is 9.59 Å². The largest absolute Gasteiger partial charge is 0.444 e. The van der Waals surface area contributed by atoms with E-state index >= 15 is 0 Å². The second kappa shape index (κ2) is 10.0. The highest BCUT2D eigenvalue weighted by atomic mass is 16.6. The fourth-order valence-electron chi connectivity index (χ4n) is 2.84. The van der Waals surface area contributed by atoms with Gasteiger partial charge in [-0.25, -0.2) is 19.5 Å². The molecule has 1 heterocycles. The lowest BCUT2D eigenvalue weighted by Gasteiger charge is -2.29. The normalized spacial score (nSPS) is 16.2. The summed E-state index contributed by atoms with van der Waals surface area (Å²) in [6.45, 7) is 11.6. The van der Waals surface area contributed by atoms with Gasteiger partial charge in [0.05, 0.1) is 19.1 Å². The standard InChI is InChI=1S/C24H34N4O4/c1-23(2,3)31-21(29)26-20-25-16-19(28(20)22(30)32-24(4,5)6)18-13-11-17(12-14-18)10-9-15-27(7)8/h11-14,19H,15-16H2,1-8H3,(H,25,26,29). The number of hydrogen-bond donors (Lipinski definition) is 1. The Bertz CT molecular complexity index is 913. The van der Waals surface area contributed by atoms with Crippen LogP contribution in [-0.2, 0) is 9.47 Å². The molecule has 0 aromatic heterocycles. The highest BCUT2D eigenvalue weighted by Gasteiger charge is 2.38. The Morgan fingerprint density at radius 1 is 1.09 bits per heavy atom. The smallest absolute Gasteiger partial charge is 0.417 e. The molecule has 0 saturated heterocycles. The molecule has 2 rings (SSSR count). The van der Waals surface area contributed by atoms with Gasteiger partial charge in [-0.2, -0.15) is 0 Å². The van der Waals surface area contributed by atoms with E-state index in [1.54, 1.807) is 41.5 Å². The summed E-state index contributed by atoms with van der Waals surface area (Å²) in [7, 11) is 3.93. The van der Waals surface area contributed by atoms with Crippen molar-refractivity contribution in [2.75, 3.05) is 27.2 Å². The third-order valence-electron chi connectivity index (χ3n) is 4.08. The number of ether oxygens (including phenoxy) is 2. The molecule has 1 N–H and O–H groups in total. The summed E-state index contributed by atoms with van der Waals surface area (Å²) in [6.07, 6.45) is -1.28. The van der Waals surface area contributed by atoms with E-state index in [1.165, 1.54) is 4.90 Å². The topological polar surface area (TPSA) is 83.5 Å². The molecule has 0 bridgehead atoms. The lowest BCUT2D eigenvalue weighted by molar-refractivity contribution is 0.0321. The van der Waals surface area contributed by atoms with Crippen molar-refractivity contribution in [3.05, 3.63) is 35.4 Å². The Hall–Kier alpha value is -3.05. The molecule has 2 amide bonds. The Kier molecular flexibility index (Phi) is 7.92. The maximum absolute atomic E-state index is 13.0. The van der Waals surface area contributed by atoms with E-state index in [0.717, 1.165) is 11.1 Å². The van der Waals surface area contributed by atoms with Gasteiger partial charge in [-0.3, -0.25) is 10.2 Å². The number of carbonyl (C=O) groups excluding carboxylic acids is 2. The summed E-state index contributed by atoms with van der Waals surface area (Å²) >= 11 is 0. The van der Waals surface area contributed by atoms with Gasteiger partial charge in [0.1, 0.15) is 11.2 Å². The second-order valence-corrected chi connectivity index (χ2v) is 9.82. The van der Waals surface area contributed by atoms with Gasteiger partial charge in [0.25, 0.3) is 0 Å². The number of nitrogens with zero attached hydrogens (tertiary/aromatic N) is 3. The molecule has 0 radical (unpaired) electrons. The summed E-state index contributed by atoms with van der Waals surface area (Å²) in [4.78, 5) is 33.0. The van der Waals surface area contributed by atoms with Crippen molar-refractivity contribution in [1.29, 1.82) is 0 Å². The zero-order valence-electron chi connectivity index (χ0n) is 20.3. The van der Waals surface area contributed by atoms with Crippen molar-refractivity contribution in [2.24, 2.45) is 4.99 Å². The minimum absolute atomic E-state index is 0.105. The Morgan fingerprint density at radius 2 is 1.69 bits per heavy atom. The summed E-state index contributed by atoms with van der Waals surface area (Å²) in [5.41, 5.74) is 0.361. The fraction of sp³-hybridized carbons (Fsp3) is 0.542. The first-order valence-corrected chi connectivity index (χ1v) is 10.6. The molecular weight excluding hydrogens is 408 g/mol. The molecule has 8 heteroatoms. The van der Waals surface area contributed by atoms with Crippen molar-refractivity contribution in [1.82, 2.24) is 15.1 Å². The molecule has 8 nitrogen and oxygen atoms in total. The number of rotatable bonds is 2. The van der Waals surface area contributed by atoms with Crippen LogP contribution in [0.25, 0.3) is 0 Å². The molecule has 1 aliphatic rings. The lowest BCUT2D eigenvalue weighted by atomic mass is 10.0. The number of benzene rings is 1. The molecule has 0 saturated carbocycles. The zero-order valence-corrected chi connectivity index (χ0v) is 20.3. The molecule has 1 aromatic carbocycles. The van der Waals surface area contributed by atoms with Gasteiger partial charge >= 0.3 is 12.2 Å². The Labute approximate surface area is 191 Å². The van der Waals surface area contributed by atoms with E-state index in [4.69, 9.17) is 9.47 Å². The average Bonchev–Trinajstić information content (AvgIpc) is 3.02. The van der Waals surface area contributed by atoms with Crippen LogP contribution in [0.4, 0.5) is 9.59 Å². The Morgan fingerprint density at radius 3 is 2.22 bits per heavy atom. The summed E-state index contributed by atoms with van der Waals surface area (Å²) < 4.78 is 10.9. The van der Waals surface area contributed by atoms with E-state index in [0.29, 0.717) is 6.54 Å². The minimum atomic E-state index is -0.701. The molecule has 0 aliphatic carbocycles. The number of alkyl carbamates (subject to hydrolysis) is 1. The van der Waals surface area contributed by atoms with Crippen LogP contribution in [0.15, 0.2) is 29.3 Å². The second-order valence-electron chi connectivity index (χ2n) is 9.82. The van der Waals surface area contributed by atoms with Crippen molar-refractivity contribution < 1.29 is 19.1 Å². The first-order valence-electron chi connectivity index (χ1n) is 10.6. The predicted octanol–water partition coefficient (Wildman–Crippen LogP) is 3.77. The third-order valence-corrected chi connectivity index (χ3v) is 4.08. The van der Waals surface area contributed by atoms with E-state index in [2.05, 4.69) is 22.2 Å². The van der Waals surface area contributed by atoms with Crippen molar-refractivity contribution in [2.45, 2.75) is 58.8 Å². The van der Waals surface area contributed by atoms with Crippen LogP contribution in [0.3, 0.4) is 0 Å². The average molecular weight is 443 g/mol. The lowest BCUT2D eigenvalue weighted by Crippen LogP contribution is -2.48. The van der Waals surface area contributed by atoms with Crippen molar-refractivity contribution in [3.8, 4) is 11.8 Å². The number of aliphatic imine (C=N–C) groups is 1. The van der Waals surface area contributed by atoms with Gasteiger partial charge in [-0.15, -0.1) is 0 Å². The first kappa shape index (κ1) is 25.2. The zero-order chi connectivity index (χ0) is 24.1. The number of amides is 2. The van der Waals surface area contributed by atoms with E-state index in [1.807, 2.05) is 43.3 Å². The molecule has 1 unspecified atom stereocenters. The van der Waals surface area contributed by atoms with Gasteiger partial charge < -0.3 is 9.47 Å². The van der Waals surface area contributed by atoms with Crippen LogP contribution in [-0.4, -0.2) is 66.3 Å². The summed E-state index contributed by atoms with van der Waals surface area (Å²) in [6, 6.07) is 7.22. The summed E-state index contributed by atoms with van der Waals surface area (Å²) in [5, 5.41) is 2.59. The van der Waals surface area contributed by atoms with Crippen LogP contribution in [0, 0.1) is 11.8 Å². The van der Waals surface area contributed by atoms with Gasteiger partial charge in [0.2, 0.25) is 5.96 Å². The molecule has 0 fully saturated rings. The Balaban J connectivity index is 2.24. The highest BCUT2D eigenvalue weighted by Crippen LogP contribution is 2.28. The maximum atomic E-state index is 13.0. The third kappa shape index (κ3) is 7.89. The quantitative estimate of drug-likeness (QED) is 0.705. The van der Waals surface area contributed by atoms with Crippen molar-refractivity contribution >= 4 is 18.1 Å². The summed E-state index contributed by atoms with van der Waals surface area (Å²) in [5.74, 6) is 6.32. The predicted molar refractivity (Wildman–Crippen MR) is 124 cm³/mol. The molecule has 32 heavy (non-hydrogen) atoms. The number of nitrogens with one attached hydrogen (secondary N) is 1. The fourth-order valence-corrected chi connectivity index (χ4v) is 2.84. The van der Waals surface area contributed by atoms with Crippen LogP contribution >= 0.6 is 0 Å². The van der Waals surface area contributed by atoms with Crippen LogP contribution in [0.1, 0.15) is 58.7 Å². The molecule has 1 atom stereocenters. The number of carbonyl (C=O) groups is 2. The SMILES string of the molecule is CN(C)CC#Cc1ccc(C2CN=C(NC(=O)OC(C)(C)C)N2C(=O)OC(C)(C)C)cc1. The number of guanidine groups is 1. The highest BCUT2D eigenvalue weighted by molar-refractivity contribution is 6.02. The first-order chi connectivity index (χ1) is 14.7. The van der Waals surface area contributed by atoms with Gasteiger partial charge in [0, 0.05) is 5.56 Å². The van der Waals surface area contributed by atoms with Gasteiger partial charge in [-0.05, 0) is 73.3 Å². The molecule has 1 aromatic rings. The monoisotopic (exact) mass is 442 g/mol. The van der Waals surface area contributed by atoms with Crippen LogP contribution in [0.2, 0.25) is 0 Å². The number of hydrogen-bond acceptors (Lipinski definition) is 6. The van der Waals surface area contributed by atoms with Gasteiger partial charge in [0.15, 0.2) is 0 Å². The molecular formula is C24H34N4O4. The van der Waals surface area contributed by atoms with E-state index in [-0.39, 0.29) is 12.5 Å².